The van der Waals surface area contributed by atoms with E-state index in [4.69, 9.17) is 19.4 Å². The number of benzene rings is 3. The number of nitrogens with two attached hydrogens (primary N) is 2. The van der Waals surface area contributed by atoms with Crippen molar-refractivity contribution in [2.24, 2.45) is 11.7 Å². The predicted molar refractivity (Wildman–Crippen MR) is 105 cm³/mol. The summed E-state index contributed by atoms with van der Waals surface area (Å²) in [5, 5.41) is 4.19. The maximum Gasteiger partial charge on any atom is -0.0134 e. The van der Waals surface area contributed by atoms with Crippen molar-refractivity contribution in [3.05, 3.63) is 91.0 Å². The molecular formula is C18H19Cl2N2PRu. The molecule has 6 heteroatoms. The minimum absolute atomic E-state index is 0.346. The minimum Gasteiger partial charge on any atom is -0.0622 e. The monoisotopic (exact) mass is 466 g/mol. The van der Waals surface area contributed by atoms with E-state index in [2.05, 4.69) is 103 Å². The number of rotatable bonds is 3. The van der Waals surface area contributed by atoms with E-state index < -0.39 is 7.92 Å². The fraction of sp³-hybridized carbons (Fsp3) is 0. The zero-order valence-corrected chi connectivity index (χ0v) is 17.0. The molecule has 0 heterocycles. The molecule has 0 fully saturated rings. The Morgan fingerprint density at radius 1 is 0.542 bits per heavy atom. The largest absolute Gasteiger partial charge is 0.0622 e. The summed E-state index contributed by atoms with van der Waals surface area (Å²) in [5.41, 5.74) is 0. The van der Waals surface area contributed by atoms with Gasteiger partial charge in [0.1, 0.15) is 0 Å². The van der Waals surface area contributed by atoms with Crippen molar-refractivity contribution in [3.8, 4) is 0 Å². The van der Waals surface area contributed by atoms with Crippen LogP contribution in [0.15, 0.2) is 91.0 Å². The third-order valence-electron chi connectivity index (χ3n) is 3.04. The Hall–Kier alpha value is -0.787. The van der Waals surface area contributed by atoms with E-state index in [9.17, 15) is 0 Å². The summed E-state index contributed by atoms with van der Waals surface area (Å²) in [4.78, 5) is 0. The molecule has 0 bridgehead atoms. The second-order valence-electron chi connectivity index (χ2n) is 4.39. The van der Waals surface area contributed by atoms with E-state index in [1.54, 1.807) is 0 Å². The maximum atomic E-state index is 4.85. The van der Waals surface area contributed by atoms with Gasteiger partial charge in [0, 0.05) is 0 Å². The Balaban J connectivity index is 0.000000521. The molecule has 3 aromatic rings. The number of hydrogen-bond acceptors (Lipinski definition) is 2. The first-order valence-electron chi connectivity index (χ1n) is 7.00. The molecule has 0 saturated heterocycles. The first-order valence-corrected chi connectivity index (χ1v) is 12.8. The summed E-state index contributed by atoms with van der Waals surface area (Å²) >= 11 is -0.346. The molecule has 2 nitrogen and oxygen atoms in total. The van der Waals surface area contributed by atoms with Crippen LogP contribution in [0, 0.1) is 0 Å². The van der Waals surface area contributed by atoms with Crippen molar-refractivity contribution < 1.29 is 15.1 Å². The van der Waals surface area contributed by atoms with Crippen LogP contribution in [-0.2, 0) is 15.1 Å². The van der Waals surface area contributed by atoms with Crippen molar-refractivity contribution in [1.29, 1.82) is 0 Å². The molecule has 0 spiro atoms. The van der Waals surface area contributed by atoms with Gasteiger partial charge in [-0.3, -0.25) is 11.7 Å². The van der Waals surface area contributed by atoms with E-state index in [1.165, 1.54) is 15.9 Å². The fourth-order valence-electron chi connectivity index (χ4n) is 2.18. The zero-order chi connectivity index (χ0) is 17.6. The van der Waals surface area contributed by atoms with Crippen LogP contribution in [0.25, 0.3) is 0 Å². The summed E-state index contributed by atoms with van der Waals surface area (Å²) in [6.45, 7) is 0. The van der Waals surface area contributed by atoms with Crippen LogP contribution in [0.5, 0.6) is 0 Å². The first kappa shape index (κ1) is 21.3. The average molecular weight is 466 g/mol. The van der Waals surface area contributed by atoms with E-state index in [1.807, 2.05) is 0 Å². The average Bonchev–Trinajstić information content (AvgIpc) is 2.67. The molecular weight excluding hydrogens is 447 g/mol. The summed E-state index contributed by atoms with van der Waals surface area (Å²) in [7, 11) is 9.26. The zero-order valence-electron chi connectivity index (χ0n) is 12.9. The molecule has 0 saturated carbocycles. The van der Waals surface area contributed by atoms with Gasteiger partial charge in [-0.15, -0.1) is 0 Å². The van der Waals surface area contributed by atoms with Crippen LogP contribution in [-0.4, -0.2) is 0 Å². The van der Waals surface area contributed by atoms with Crippen molar-refractivity contribution >= 4 is 43.2 Å². The Morgan fingerprint density at radius 2 is 0.750 bits per heavy atom. The molecule has 0 amide bonds. The van der Waals surface area contributed by atoms with Gasteiger partial charge in [-0.05, 0) is 23.8 Å². The molecule has 0 aliphatic heterocycles. The predicted octanol–water partition coefficient (Wildman–Crippen LogP) is 3.64. The second kappa shape index (κ2) is 13.5. The van der Waals surface area contributed by atoms with Gasteiger partial charge in [-0.25, -0.2) is 0 Å². The minimum atomic E-state index is -0.446. The van der Waals surface area contributed by atoms with Crippen LogP contribution < -0.4 is 27.6 Å². The molecule has 0 atom stereocenters. The van der Waals surface area contributed by atoms with Crippen LogP contribution >= 0.6 is 27.3 Å². The molecule has 4 N–H and O–H groups in total. The number of hydrogen-bond donors (Lipinski definition) is 2. The van der Waals surface area contributed by atoms with Gasteiger partial charge >= 0.3 is 34.5 Å². The Bertz CT molecular complexity index is 564. The second-order valence-corrected chi connectivity index (χ2v) is 9.25. The van der Waals surface area contributed by atoms with E-state index in [0.29, 0.717) is 0 Å². The molecule has 128 valence electrons. The van der Waals surface area contributed by atoms with E-state index in [0.717, 1.165) is 0 Å². The molecule has 0 aromatic heterocycles. The van der Waals surface area contributed by atoms with Crippen molar-refractivity contribution in [3.63, 3.8) is 0 Å². The Morgan fingerprint density at radius 3 is 0.958 bits per heavy atom. The first-order chi connectivity index (χ1) is 11.9. The van der Waals surface area contributed by atoms with Gasteiger partial charge in [-0.2, -0.15) is 0 Å². The van der Waals surface area contributed by atoms with Crippen molar-refractivity contribution in [2.75, 3.05) is 0 Å². The molecule has 3 rings (SSSR count). The molecule has 0 aliphatic rings. The summed E-state index contributed by atoms with van der Waals surface area (Å²) < 4.78 is 0. The van der Waals surface area contributed by atoms with Gasteiger partial charge in [0.25, 0.3) is 0 Å². The molecule has 0 unspecified atom stereocenters. The normalized spacial score (nSPS) is 9.54. The summed E-state index contributed by atoms with van der Waals surface area (Å²) in [5.74, 6) is 8.00. The van der Waals surface area contributed by atoms with Gasteiger partial charge < -0.3 is 0 Å². The van der Waals surface area contributed by atoms with Gasteiger partial charge in [0.2, 0.25) is 0 Å². The van der Waals surface area contributed by atoms with E-state index >= 15 is 0 Å². The smallest absolute Gasteiger partial charge is 0.0134 e. The van der Waals surface area contributed by atoms with Crippen LogP contribution in [0.2, 0.25) is 0 Å². The maximum absolute atomic E-state index is 4.85. The third kappa shape index (κ3) is 6.99. The van der Waals surface area contributed by atoms with E-state index in [-0.39, 0.29) is 15.1 Å². The van der Waals surface area contributed by atoms with Crippen LogP contribution in [0.4, 0.5) is 0 Å². The molecule has 3 aromatic carbocycles. The van der Waals surface area contributed by atoms with Crippen LogP contribution in [0.1, 0.15) is 0 Å². The molecule has 0 radical (unpaired) electrons. The third-order valence-corrected chi connectivity index (χ3v) is 5.49. The molecule has 24 heavy (non-hydrogen) atoms. The standard InChI is InChI=1S/C18H15P.2ClH.H4N2.Ru/c1-4-10-16(11-5-1)19(17-12-6-2-7-13-17)18-14-8-3-9-15-18;;;1-2;/h1-15H;2*1H;1-2H2;/q;;;;+2/p-2. The SMILES string of the molecule is NN.[Cl][Ru][Cl].c1ccc(P(c2ccccc2)c2ccccc2)cc1. The van der Waals surface area contributed by atoms with Crippen LogP contribution in [0.3, 0.4) is 0 Å². The summed E-state index contributed by atoms with van der Waals surface area (Å²) in [6.07, 6.45) is 0. The summed E-state index contributed by atoms with van der Waals surface area (Å²) in [6, 6.07) is 32.3. The Kier molecular flexibility index (Phi) is 12.0. The number of halogens is 2. The fourth-order valence-corrected chi connectivity index (χ4v) is 4.48. The van der Waals surface area contributed by atoms with Crippen molar-refractivity contribution in [1.82, 2.24) is 0 Å². The Labute approximate surface area is 160 Å². The molecule has 0 aliphatic carbocycles. The van der Waals surface area contributed by atoms with Gasteiger partial charge in [0.05, 0.1) is 0 Å². The van der Waals surface area contributed by atoms with Gasteiger partial charge in [-0.1, -0.05) is 91.0 Å². The van der Waals surface area contributed by atoms with Gasteiger partial charge in [0.15, 0.2) is 0 Å². The number of hydrazine groups is 1. The van der Waals surface area contributed by atoms with Crippen molar-refractivity contribution in [2.45, 2.75) is 0 Å². The quantitative estimate of drug-likeness (QED) is 0.268. The topological polar surface area (TPSA) is 52.0 Å².